The minimum atomic E-state index is 0.566. The summed E-state index contributed by atoms with van der Waals surface area (Å²) in [6, 6.07) is 19.6. The van der Waals surface area contributed by atoms with E-state index in [0.29, 0.717) is 18.3 Å². The molecule has 0 aliphatic heterocycles. The Kier molecular flexibility index (Phi) is 5.77. The summed E-state index contributed by atoms with van der Waals surface area (Å²) in [5, 5.41) is 7.47. The van der Waals surface area contributed by atoms with E-state index in [9.17, 15) is 0 Å². The van der Waals surface area contributed by atoms with Gasteiger partial charge in [-0.3, -0.25) is 5.43 Å². The van der Waals surface area contributed by atoms with Gasteiger partial charge in [0, 0.05) is 18.3 Å². The van der Waals surface area contributed by atoms with Crippen molar-refractivity contribution in [3.05, 3.63) is 77.5 Å². The first kappa shape index (κ1) is 17.4. The lowest BCUT2D eigenvalue weighted by Gasteiger charge is -2.08. The summed E-state index contributed by atoms with van der Waals surface area (Å²) in [7, 11) is 1.64. The first-order valence-electron chi connectivity index (χ1n) is 8.29. The summed E-state index contributed by atoms with van der Waals surface area (Å²) in [6.07, 6.45) is 1.73. The number of anilines is 2. The number of hydrazone groups is 1. The molecule has 0 fully saturated rings. The molecule has 2 N–H and O–H groups in total. The predicted molar refractivity (Wildman–Crippen MR) is 105 cm³/mol. The van der Waals surface area contributed by atoms with Gasteiger partial charge in [-0.1, -0.05) is 30.3 Å². The average molecular weight is 347 g/mol. The Morgan fingerprint density at radius 3 is 2.54 bits per heavy atom. The lowest BCUT2D eigenvalue weighted by molar-refractivity contribution is 0.415. The van der Waals surface area contributed by atoms with E-state index >= 15 is 0 Å². The van der Waals surface area contributed by atoms with Gasteiger partial charge in [0.2, 0.25) is 5.95 Å². The summed E-state index contributed by atoms with van der Waals surface area (Å²) in [5.41, 5.74) is 5.94. The second-order valence-corrected chi connectivity index (χ2v) is 5.70. The highest BCUT2D eigenvalue weighted by Gasteiger charge is 2.02. The number of methoxy groups -OCH3 is 1. The van der Waals surface area contributed by atoms with Crippen LogP contribution in [-0.2, 0) is 6.54 Å². The van der Waals surface area contributed by atoms with Crippen molar-refractivity contribution in [3.8, 4) is 5.75 Å². The number of nitrogens with one attached hydrogen (secondary N) is 2. The van der Waals surface area contributed by atoms with Crippen LogP contribution in [0.25, 0.3) is 0 Å². The van der Waals surface area contributed by atoms with E-state index in [4.69, 9.17) is 4.74 Å². The summed E-state index contributed by atoms with van der Waals surface area (Å²) < 4.78 is 5.14. The van der Waals surface area contributed by atoms with Crippen LogP contribution in [-0.4, -0.2) is 23.3 Å². The van der Waals surface area contributed by atoms with Crippen LogP contribution in [0, 0.1) is 6.92 Å². The molecule has 6 nitrogen and oxygen atoms in total. The maximum atomic E-state index is 5.14. The van der Waals surface area contributed by atoms with E-state index in [2.05, 4.69) is 37.9 Å². The zero-order chi connectivity index (χ0) is 18.2. The molecule has 0 saturated carbocycles. The van der Waals surface area contributed by atoms with Crippen LogP contribution in [0.15, 0.2) is 65.8 Å². The van der Waals surface area contributed by atoms with E-state index in [-0.39, 0.29) is 0 Å². The molecule has 0 atom stereocenters. The SMILES string of the molecule is COc1ccc(/C=N/Nc2cc(C)nc(NCc3ccccc3)n2)cc1. The maximum Gasteiger partial charge on any atom is 0.225 e. The van der Waals surface area contributed by atoms with Gasteiger partial charge >= 0.3 is 0 Å². The van der Waals surface area contributed by atoms with Crippen molar-refractivity contribution in [2.24, 2.45) is 5.10 Å². The fraction of sp³-hybridized carbons (Fsp3) is 0.150. The standard InChI is InChI=1S/C20H21N5O/c1-15-12-19(25-22-14-17-8-10-18(26-2)11-9-17)24-20(23-15)21-13-16-6-4-3-5-7-16/h3-12,14H,13H2,1-2H3,(H2,21,23,24,25)/b22-14+. The number of hydrogen-bond donors (Lipinski definition) is 2. The number of benzene rings is 2. The van der Waals surface area contributed by atoms with Crippen LogP contribution in [0.5, 0.6) is 5.75 Å². The van der Waals surface area contributed by atoms with Gasteiger partial charge in [0.1, 0.15) is 5.75 Å². The largest absolute Gasteiger partial charge is 0.497 e. The van der Waals surface area contributed by atoms with Crippen LogP contribution in [0.2, 0.25) is 0 Å². The molecule has 1 heterocycles. The lowest BCUT2D eigenvalue weighted by Crippen LogP contribution is -2.06. The highest BCUT2D eigenvalue weighted by atomic mass is 16.5. The molecule has 0 amide bonds. The van der Waals surface area contributed by atoms with E-state index in [0.717, 1.165) is 17.0 Å². The van der Waals surface area contributed by atoms with Crippen LogP contribution in [0.4, 0.5) is 11.8 Å². The molecule has 132 valence electrons. The quantitative estimate of drug-likeness (QED) is 0.502. The molecule has 0 saturated heterocycles. The van der Waals surface area contributed by atoms with E-state index in [1.807, 2.05) is 55.5 Å². The van der Waals surface area contributed by atoms with Crippen LogP contribution in [0.1, 0.15) is 16.8 Å². The molecule has 0 spiro atoms. The molecule has 26 heavy (non-hydrogen) atoms. The molecule has 3 rings (SSSR count). The molecule has 0 radical (unpaired) electrons. The number of nitrogens with zero attached hydrogens (tertiary/aromatic N) is 3. The van der Waals surface area contributed by atoms with E-state index in [1.54, 1.807) is 13.3 Å². The second-order valence-electron chi connectivity index (χ2n) is 5.70. The molecule has 0 bridgehead atoms. The van der Waals surface area contributed by atoms with Gasteiger partial charge in [-0.25, -0.2) is 4.98 Å². The topological polar surface area (TPSA) is 71.4 Å². The zero-order valence-electron chi connectivity index (χ0n) is 14.8. The minimum absolute atomic E-state index is 0.566. The van der Waals surface area contributed by atoms with Crippen LogP contribution < -0.4 is 15.5 Å². The van der Waals surface area contributed by atoms with Crippen molar-refractivity contribution in [1.29, 1.82) is 0 Å². The normalized spacial score (nSPS) is 10.7. The highest BCUT2D eigenvalue weighted by molar-refractivity contribution is 5.80. The molecule has 0 aliphatic carbocycles. The summed E-state index contributed by atoms with van der Waals surface area (Å²) in [4.78, 5) is 8.85. The fourth-order valence-electron chi connectivity index (χ4n) is 2.34. The number of aromatic nitrogens is 2. The van der Waals surface area contributed by atoms with Gasteiger partial charge < -0.3 is 10.1 Å². The molecule has 0 aliphatic rings. The van der Waals surface area contributed by atoms with Gasteiger partial charge in [0.15, 0.2) is 5.82 Å². The van der Waals surface area contributed by atoms with Crippen LogP contribution in [0.3, 0.4) is 0 Å². The molecule has 2 aromatic carbocycles. The number of hydrogen-bond acceptors (Lipinski definition) is 6. The molecular formula is C20H21N5O. The van der Waals surface area contributed by atoms with Crippen molar-refractivity contribution in [3.63, 3.8) is 0 Å². The molecule has 6 heteroatoms. The first-order valence-corrected chi connectivity index (χ1v) is 8.29. The Bertz CT molecular complexity index is 863. The van der Waals surface area contributed by atoms with Gasteiger partial charge in [-0.2, -0.15) is 10.1 Å². The summed E-state index contributed by atoms with van der Waals surface area (Å²) >= 11 is 0. The monoisotopic (exact) mass is 347 g/mol. The Balaban J connectivity index is 1.62. The average Bonchev–Trinajstić information content (AvgIpc) is 2.67. The molecular weight excluding hydrogens is 326 g/mol. The minimum Gasteiger partial charge on any atom is -0.497 e. The number of aryl methyl sites for hydroxylation is 1. The number of rotatable bonds is 7. The van der Waals surface area contributed by atoms with Crippen molar-refractivity contribution < 1.29 is 4.74 Å². The van der Waals surface area contributed by atoms with Gasteiger partial charge in [0.25, 0.3) is 0 Å². The summed E-state index contributed by atoms with van der Waals surface area (Å²) in [6.45, 7) is 2.59. The third kappa shape index (κ3) is 5.04. The van der Waals surface area contributed by atoms with Gasteiger partial charge in [-0.05, 0) is 42.3 Å². The van der Waals surface area contributed by atoms with Crippen molar-refractivity contribution in [2.75, 3.05) is 17.9 Å². The van der Waals surface area contributed by atoms with E-state index in [1.165, 1.54) is 5.56 Å². The molecule has 3 aromatic rings. The second kappa shape index (κ2) is 8.62. The van der Waals surface area contributed by atoms with Crippen molar-refractivity contribution in [1.82, 2.24) is 9.97 Å². The van der Waals surface area contributed by atoms with Crippen molar-refractivity contribution >= 4 is 18.0 Å². The Morgan fingerprint density at radius 2 is 1.81 bits per heavy atom. The first-order chi connectivity index (χ1) is 12.7. The molecule has 0 unspecified atom stereocenters. The maximum absolute atomic E-state index is 5.14. The Morgan fingerprint density at radius 1 is 1.04 bits per heavy atom. The lowest BCUT2D eigenvalue weighted by atomic mass is 10.2. The van der Waals surface area contributed by atoms with Gasteiger partial charge in [-0.15, -0.1) is 0 Å². The highest BCUT2D eigenvalue weighted by Crippen LogP contribution is 2.12. The van der Waals surface area contributed by atoms with Crippen LogP contribution >= 0.6 is 0 Å². The Hall–Kier alpha value is -3.41. The van der Waals surface area contributed by atoms with E-state index < -0.39 is 0 Å². The fourth-order valence-corrected chi connectivity index (χ4v) is 2.34. The third-order valence-electron chi connectivity index (χ3n) is 3.66. The smallest absolute Gasteiger partial charge is 0.225 e. The third-order valence-corrected chi connectivity index (χ3v) is 3.66. The number of ether oxygens (including phenoxy) is 1. The zero-order valence-corrected chi connectivity index (χ0v) is 14.8. The Labute approximate surface area is 153 Å². The molecule has 1 aromatic heterocycles. The summed E-state index contributed by atoms with van der Waals surface area (Å²) in [5.74, 6) is 2.02. The predicted octanol–water partition coefficient (Wildman–Crippen LogP) is 3.85. The van der Waals surface area contributed by atoms with Gasteiger partial charge in [0.05, 0.1) is 13.3 Å². The van der Waals surface area contributed by atoms with Crippen molar-refractivity contribution in [2.45, 2.75) is 13.5 Å².